The van der Waals surface area contributed by atoms with Gasteiger partial charge in [-0.25, -0.2) is 0 Å². The zero-order valence-corrected chi connectivity index (χ0v) is 9.31. The summed E-state index contributed by atoms with van der Waals surface area (Å²) in [6.07, 6.45) is 3.64. The average molecular weight is 220 g/mol. The van der Waals surface area contributed by atoms with Crippen molar-refractivity contribution in [1.82, 2.24) is 15.5 Å². The van der Waals surface area contributed by atoms with E-state index in [4.69, 9.17) is 5.73 Å². The number of nitrogens with zero attached hydrogens (tertiary/aromatic N) is 2. The molecule has 0 radical (unpaired) electrons. The normalized spacial score (nSPS) is 16.8. The zero-order valence-electron chi connectivity index (χ0n) is 9.31. The lowest BCUT2D eigenvalue weighted by Gasteiger charge is -2.12. The first kappa shape index (κ1) is 10.9. The minimum absolute atomic E-state index is 0.180. The van der Waals surface area contributed by atoms with Crippen molar-refractivity contribution >= 4 is 11.7 Å². The molecule has 86 valence electrons. The molecule has 0 spiro atoms. The number of nitrogens with one attached hydrogen (secondary N) is 1. The lowest BCUT2D eigenvalue weighted by Crippen LogP contribution is -2.33. The molecule has 1 atom stereocenters. The second kappa shape index (κ2) is 4.47. The van der Waals surface area contributed by atoms with E-state index in [0.717, 1.165) is 12.3 Å². The van der Waals surface area contributed by atoms with Gasteiger partial charge < -0.3 is 11.1 Å². The maximum Gasteiger partial charge on any atom is 0.272 e. The van der Waals surface area contributed by atoms with Crippen molar-refractivity contribution in [3.63, 3.8) is 0 Å². The molecule has 0 aromatic carbocycles. The number of carbonyl (C=O) groups excluding carboxylic acids is 1. The highest BCUT2D eigenvalue weighted by atomic mass is 16.2. The van der Waals surface area contributed by atoms with Crippen molar-refractivity contribution < 1.29 is 4.79 Å². The standard InChI is InChI=1S/C11H16N4O/c1-7(6-8-2-3-8)13-11(16)9-4-5-10(12)15-14-9/h4-5,7-8H,2-3,6H2,1H3,(H2,12,15)(H,13,16). The summed E-state index contributed by atoms with van der Waals surface area (Å²) < 4.78 is 0. The van der Waals surface area contributed by atoms with E-state index in [-0.39, 0.29) is 11.9 Å². The van der Waals surface area contributed by atoms with E-state index in [0.29, 0.717) is 11.5 Å². The maximum absolute atomic E-state index is 11.7. The lowest BCUT2D eigenvalue weighted by atomic mass is 10.1. The molecule has 1 heterocycles. The third-order valence-electron chi connectivity index (χ3n) is 2.68. The summed E-state index contributed by atoms with van der Waals surface area (Å²) in [5.41, 5.74) is 5.71. The quantitative estimate of drug-likeness (QED) is 0.792. The van der Waals surface area contributed by atoms with Crippen LogP contribution in [0, 0.1) is 5.92 Å². The van der Waals surface area contributed by atoms with Gasteiger partial charge in [0.1, 0.15) is 5.82 Å². The Morgan fingerprint density at radius 3 is 2.88 bits per heavy atom. The number of rotatable bonds is 4. The lowest BCUT2D eigenvalue weighted by molar-refractivity contribution is 0.0931. The van der Waals surface area contributed by atoms with Gasteiger partial charge in [0.25, 0.3) is 5.91 Å². The molecule has 5 heteroatoms. The maximum atomic E-state index is 11.7. The predicted molar refractivity (Wildman–Crippen MR) is 60.7 cm³/mol. The van der Waals surface area contributed by atoms with E-state index < -0.39 is 0 Å². The van der Waals surface area contributed by atoms with Crippen LogP contribution in [0.25, 0.3) is 0 Å². The smallest absolute Gasteiger partial charge is 0.272 e. The van der Waals surface area contributed by atoms with E-state index in [9.17, 15) is 4.79 Å². The van der Waals surface area contributed by atoms with Crippen molar-refractivity contribution in [3.8, 4) is 0 Å². The largest absolute Gasteiger partial charge is 0.382 e. The fourth-order valence-corrected chi connectivity index (χ4v) is 1.67. The van der Waals surface area contributed by atoms with Crippen LogP contribution in [0.5, 0.6) is 0 Å². The summed E-state index contributed by atoms with van der Waals surface area (Å²) in [6.45, 7) is 2.01. The van der Waals surface area contributed by atoms with Crippen LogP contribution in [-0.2, 0) is 0 Å². The molecule has 1 aromatic heterocycles. The van der Waals surface area contributed by atoms with Gasteiger partial charge in [0.2, 0.25) is 0 Å². The van der Waals surface area contributed by atoms with Crippen LogP contribution in [0.1, 0.15) is 36.7 Å². The van der Waals surface area contributed by atoms with Gasteiger partial charge in [0.15, 0.2) is 5.69 Å². The zero-order chi connectivity index (χ0) is 11.5. The van der Waals surface area contributed by atoms with Crippen LogP contribution >= 0.6 is 0 Å². The van der Waals surface area contributed by atoms with E-state index >= 15 is 0 Å². The number of aromatic nitrogens is 2. The van der Waals surface area contributed by atoms with Crippen LogP contribution in [-0.4, -0.2) is 22.1 Å². The summed E-state index contributed by atoms with van der Waals surface area (Å²) in [6, 6.07) is 3.36. The van der Waals surface area contributed by atoms with E-state index in [1.807, 2.05) is 6.92 Å². The summed E-state index contributed by atoms with van der Waals surface area (Å²) in [7, 11) is 0. The number of carbonyl (C=O) groups is 1. The van der Waals surface area contributed by atoms with Gasteiger partial charge in [0.05, 0.1) is 0 Å². The summed E-state index contributed by atoms with van der Waals surface area (Å²) in [5.74, 6) is 0.941. The van der Waals surface area contributed by atoms with E-state index in [2.05, 4.69) is 15.5 Å². The van der Waals surface area contributed by atoms with Gasteiger partial charge in [-0.2, -0.15) is 0 Å². The summed E-state index contributed by atoms with van der Waals surface area (Å²) >= 11 is 0. The van der Waals surface area contributed by atoms with Gasteiger partial charge in [-0.15, -0.1) is 10.2 Å². The van der Waals surface area contributed by atoms with Crippen LogP contribution in [0.15, 0.2) is 12.1 Å². The third kappa shape index (κ3) is 2.92. The highest BCUT2D eigenvalue weighted by molar-refractivity contribution is 5.92. The van der Waals surface area contributed by atoms with E-state index in [1.165, 1.54) is 12.8 Å². The van der Waals surface area contributed by atoms with Crippen LogP contribution in [0.3, 0.4) is 0 Å². The Morgan fingerprint density at radius 1 is 1.56 bits per heavy atom. The molecule has 1 aromatic rings. The fraction of sp³-hybridized carbons (Fsp3) is 0.545. The topological polar surface area (TPSA) is 80.9 Å². The van der Waals surface area contributed by atoms with Crippen molar-refractivity contribution in [2.75, 3.05) is 5.73 Å². The molecule has 1 amide bonds. The minimum atomic E-state index is -0.180. The number of anilines is 1. The number of hydrogen-bond acceptors (Lipinski definition) is 4. The molecule has 1 saturated carbocycles. The molecule has 5 nitrogen and oxygen atoms in total. The van der Waals surface area contributed by atoms with Gasteiger partial charge in [0, 0.05) is 6.04 Å². The molecule has 0 saturated heterocycles. The van der Waals surface area contributed by atoms with Crippen molar-refractivity contribution in [2.24, 2.45) is 5.92 Å². The Morgan fingerprint density at radius 2 is 2.31 bits per heavy atom. The van der Waals surface area contributed by atoms with Crippen LogP contribution in [0.4, 0.5) is 5.82 Å². The first-order valence-electron chi connectivity index (χ1n) is 5.55. The number of nitrogens with two attached hydrogens (primary N) is 1. The average Bonchev–Trinajstić information content (AvgIpc) is 3.02. The Kier molecular flexibility index (Phi) is 3.03. The molecular formula is C11H16N4O. The third-order valence-corrected chi connectivity index (χ3v) is 2.68. The molecule has 0 aliphatic heterocycles. The highest BCUT2D eigenvalue weighted by Gasteiger charge is 2.24. The molecule has 0 bridgehead atoms. The Bertz CT molecular complexity index is 372. The monoisotopic (exact) mass is 220 g/mol. The predicted octanol–water partition coefficient (Wildman–Crippen LogP) is 0.977. The van der Waals surface area contributed by atoms with Crippen molar-refractivity contribution in [3.05, 3.63) is 17.8 Å². The second-order valence-corrected chi connectivity index (χ2v) is 4.40. The Balaban J connectivity index is 1.88. The molecule has 1 fully saturated rings. The van der Waals surface area contributed by atoms with Crippen LogP contribution < -0.4 is 11.1 Å². The molecule has 1 unspecified atom stereocenters. The highest BCUT2D eigenvalue weighted by Crippen LogP contribution is 2.33. The minimum Gasteiger partial charge on any atom is -0.382 e. The fourth-order valence-electron chi connectivity index (χ4n) is 1.67. The molecule has 1 aliphatic rings. The Labute approximate surface area is 94.4 Å². The number of amides is 1. The van der Waals surface area contributed by atoms with Gasteiger partial charge in [-0.1, -0.05) is 12.8 Å². The van der Waals surface area contributed by atoms with Gasteiger partial charge in [-0.05, 0) is 31.4 Å². The van der Waals surface area contributed by atoms with Crippen molar-refractivity contribution in [2.45, 2.75) is 32.2 Å². The van der Waals surface area contributed by atoms with Gasteiger partial charge in [-0.3, -0.25) is 4.79 Å². The SMILES string of the molecule is CC(CC1CC1)NC(=O)c1ccc(N)nn1. The molecular weight excluding hydrogens is 204 g/mol. The number of hydrogen-bond donors (Lipinski definition) is 2. The molecule has 3 N–H and O–H groups in total. The summed E-state index contributed by atoms with van der Waals surface area (Å²) in [4.78, 5) is 11.7. The first-order valence-corrected chi connectivity index (χ1v) is 5.55. The molecule has 16 heavy (non-hydrogen) atoms. The molecule has 2 rings (SSSR count). The first-order chi connectivity index (χ1) is 7.65. The van der Waals surface area contributed by atoms with Gasteiger partial charge >= 0.3 is 0 Å². The van der Waals surface area contributed by atoms with E-state index in [1.54, 1.807) is 12.1 Å². The number of nitrogen functional groups attached to an aromatic ring is 1. The summed E-state index contributed by atoms with van der Waals surface area (Å²) in [5, 5.41) is 10.3. The Hall–Kier alpha value is -1.65. The second-order valence-electron chi connectivity index (χ2n) is 4.40. The molecule has 1 aliphatic carbocycles. The van der Waals surface area contributed by atoms with Crippen LogP contribution in [0.2, 0.25) is 0 Å². The van der Waals surface area contributed by atoms with Crippen molar-refractivity contribution in [1.29, 1.82) is 0 Å².